The Balaban J connectivity index is 2.22. The number of rotatable bonds is 1. The summed E-state index contributed by atoms with van der Waals surface area (Å²) in [6.07, 6.45) is 4.32. The quantitative estimate of drug-likeness (QED) is 0.260. The van der Waals surface area contributed by atoms with Crippen LogP contribution in [0.1, 0.15) is 32.6 Å². The molecule has 1 fully saturated rings. The SMILES string of the molecule is C=C1CCC2C(=C)C(=O)OC2/C=C(\C)CCC1OO. The monoisotopic (exact) mass is 264 g/mol. The molecule has 4 nitrogen and oxygen atoms in total. The highest BCUT2D eigenvalue weighted by Crippen LogP contribution is 2.35. The molecule has 2 rings (SSSR count). The van der Waals surface area contributed by atoms with Crippen LogP contribution in [0, 0.1) is 5.92 Å². The molecule has 1 N–H and O–H groups in total. The fraction of sp³-hybridized carbons (Fsp3) is 0.533. The molecule has 3 unspecified atom stereocenters. The molecule has 0 aromatic carbocycles. The van der Waals surface area contributed by atoms with E-state index < -0.39 is 0 Å². The Kier molecular flexibility index (Phi) is 4.22. The number of carbonyl (C=O) groups is 1. The second-order valence-corrected chi connectivity index (χ2v) is 5.34. The van der Waals surface area contributed by atoms with Crippen LogP contribution >= 0.6 is 0 Å². The third kappa shape index (κ3) is 2.96. The van der Waals surface area contributed by atoms with Gasteiger partial charge in [-0.2, -0.15) is 0 Å². The summed E-state index contributed by atoms with van der Waals surface area (Å²) in [6, 6.07) is 0. The molecular formula is C15H20O4. The maximum Gasteiger partial charge on any atom is 0.334 e. The predicted molar refractivity (Wildman–Crippen MR) is 71.4 cm³/mol. The van der Waals surface area contributed by atoms with E-state index in [0.29, 0.717) is 18.4 Å². The van der Waals surface area contributed by atoms with Crippen molar-refractivity contribution in [1.29, 1.82) is 0 Å². The molecule has 0 amide bonds. The van der Waals surface area contributed by atoms with Gasteiger partial charge in [0.05, 0.1) is 0 Å². The van der Waals surface area contributed by atoms with Gasteiger partial charge in [0.1, 0.15) is 12.2 Å². The van der Waals surface area contributed by atoms with Crippen molar-refractivity contribution in [3.05, 3.63) is 36.0 Å². The van der Waals surface area contributed by atoms with Crippen molar-refractivity contribution in [2.75, 3.05) is 0 Å². The first-order chi connectivity index (χ1) is 9.02. The van der Waals surface area contributed by atoms with Crippen LogP contribution in [0.25, 0.3) is 0 Å². The molecule has 19 heavy (non-hydrogen) atoms. The molecule has 0 spiro atoms. The lowest BCUT2D eigenvalue weighted by Crippen LogP contribution is -2.20. The number of ether oxygens (including phenoxy) is 1. The summed E-state index contributed by atoms with van der Waals surface area (Å²) in [7, 11) is 0. The first kappa shape index (κ1) is 14.0. The van der Waals surface area contributed by atoms with Gasteiger partial charge >= 0.3 is 5.97 Å². The fourth-order valence-corrected chi connectivity index (χ4v) is 2.68. The lowest BCUT2D eigenvalue weighted by Gasteiger charge is -2.22. The highest BCUT2D eigenvalue weighted by atomic mass is 17.1. The van der Waals surface area contributed by atoms with Crippen molar-refractivity contribution >= 4 is 5.97 Å². The smallest absolute Gasteiger partial charge is 0.334 e. The van der Waals surface area contributed by atoms with E-state index in [2.05, 4.69) is 18.0 Å². The molecule has 1 aliphatic heterocycles. The van der Waals surface area contributed by atoms with Crippen LogP contribution in [0.2, 0.25) is 0 Å². The van der Waals surface area contributed by atoms with Crippen molar-refractivity contribution in [3.63, 3.8) is 0 Å². The van der Waals surface area contributed by atoms with Gasteiger partial charge in [-0.05, 0) is 44.3 Å². The summed E-state index contributed by atoms with van der Waals surface area (Å²) in [5.74, 6) is -0.310. The van der Waals surface area contributed by atoms with Gasteiger partial charge in [-0.25, -0.2) is 9.68 Å². The Bertz CT molecular complexity index is 435. The zero-order valence-corrected chi connectivity index (χ0v) is 11.2. The van der Waals surface area contributed by atoms with Crippen LogP contribution in [0.15, 0.2) is 36.0 Å². The molecule has 4 heteroatoms. The molecule has 104 valence electrons. The topological polar surface area (TPSA) is 55.8 Å². The van der Waals surface area contributed by atoms with Crippen LogP contribution in [0.3, 0.4) is 0 Å². The van der Waals surface area contributed by atoms with Crippen molar-refractivity contribution in [2.45, 2.75) is 44.8 Å². The van der Waals surface area contributed by atoms with Gasteiger partial charge in [0.2, 0.25) is 0 Å². The lowest BCUT2D eigenvalue weighted by molar-refractivity contribution is -0.270. The first-order valence-electron chi connectivity index (χ1n) is 6.58. The standard InChI is InChI=1S/C15H20O4/c1-9-4-7-13(19-17)10(2)5-6-12-11(3)15(16)18-14(12)8-9/h8,12-14,17H,2-7H2,1H3/b9-8+. The van der Waals surface area contributed by atoms with E-state index in [1.54, 1.807) is 0 Å². The number of esters is 1. The average Bonchev–Trinajstić information content (AvgIpc) is 2.63. The van der Waals surface area contributed by atoms with E-state index in [0.717, 1.165) is 24.0 Å². The predicted octanol–water partition coefficient (Wildman–Crippen LogP) is 3.02. The summed E-state index contributed by atoms with van der Waals surface area (Å²) >= 11 is 0. The molecule has 1 saturated heterocycles. The van der Waals surface area contributed by atoms with Crippen LogP contribution < -0.4 is 0 Å². The number of carbonyl (C=O) groups excluding carboxylic acids is 1. The van der Waals surface area contributed by atoms with E-state index >= 15 is 0 Å². The van der Waals surface area contributed by atoms with Crippen molar-refractivity contribution < 1.29 is 19.7 Å². The van der Waals surface area contributed by atoms with Crippen molar-refractivity contribution in [1.82, 2.24) is 0 Å². The highest BCUT2D eigenvalue weighted by Gasteiger charge is 2.37. The Morgan fingerprint density at radius 3 is 2.79 bits per heavy atom. The minimum Gasteiger partial charge on any atom is -0.454 e. The van der Waals surface area contributed by atoms with Gasteiger partial charge in [0.15, 0.2) is 0 Å². The largest absolute Gasteiger partial charge is 0.454 e. The Labute approximate surface area is 113 Å². The average molecular weight is 264 g/mol. The number of allylic oxidation sites excluding steroid dienone is 1. The third-order valence-electron chi connectivity index (χ3n) is 3.96. The van der Waals surface area contributed by atoms with Gasteiger partial charge in [0, 0.05) is 11.5 Å². The molecular weight excluding hydrogens is 244 g/mol. The number of fused-ring (bicyclic) bond motifs is 1. The van der Waals surface area contributed by atoms with E-state index in [9.17, 15) is 4.79 Å². The van der Waals surface area contributed by atoms with Crippen LogP contribution in [-0.2, 0) is 14.4 Å². The Morgan fingerprint density at radius 1 is 1.37 bits per heavy atom. The maximum absolute atomic E-state index is 11.6. The fourth-order valence-electron chi connectivity index (χ4n) is 2.68. The molecule has 0 saturated carbocycles. The van der Waals surface area contributed by atoms with E-state index in [1.807, 2.05) is 13.0 Å². The molecule has 1 heterocycles. The molecule has 1 aliphatic carbocycles. The Morgan fingerprint density at radius 2 is 2.11 bits per heavy atom. The summed E-state index contributed by atoms with van der Waals surface area (Å²) in [5.41, 5.74) is 2.50. The van der Waals surface area contributed by atoms with Gasteiger partial charge < -0.3 is 4.74 Å². The van der Waals surface area contributed by atoms with E-state index in [1.165, 1.54) is 0 Å². The molecule has 2 aliphatic rings. The Hall–Kier alpha value is -1.39. The summed E-state index contributed by atoms with van der Waals surface area (Å²) in [5, 5.41) is 8.93. The van der Waals surface area contributed by atoms with E-state index in [4.69, 9.17) is 9.99 Å². The number of hydrogen-bond acceptors (Lipinski definition) is 4. The highest BCUT2D eigenvalue weighted by molar-refractivity contribution is 5.91. The van der Waals surface area contributed by atoms with Gasteiger partial charge in [-0.1, -0.05) is 18.7 Å². The molecule has 3 atom stereocenters. The summed E-state index contributed by atoms with van der Waals surface area (Å²) in [6.45, 7) is 9.78. The van der Waals surface area contributed by atoms with Crippen molar-refractivity contribution in [3.8, 4) is 0 Å². The zero-order valence-electron chi connectivity index (χ0n) is 11.2. The van der Waals surface area contributed by atoms with Crippen LogP contribution in [0.5, 0.6) is 0 Å². The molecule has 0 radical (unpaired) electrons. The van der Waals surface area contributed by atoms with Crippen LogP contribution in [-0.4, -0.2) is 23.4 Å². The molecule has 0 aromatic rings. The van der Waals surface area contributed by atoms with E-state index in [-0.39, 0.29) is 24.1 Å². The first-order valence-corrected chi connectivity index (χ1v) is 6.58. The normalized spacial score (nSPS) is 35.4. The second-order valence-electron chi connectivity index (χ2n) is 5.34. The van der Waals surface area contributed by atoms with Crippen LogP contribution in [0.4, 0.5) is 0 Å². The summed E-state index contributed by atoms with van der Waals surface area (Å²) < 4.78 is 5.34. The minimum atomic E-state index is -0.341. The van der Waals surface area contributed by atoms with Gasteiger partial charge in [0.25, 0.3) is 0 Å². The minimum absolute atomic E-state index is 0.00311. The molecule has 0 bridgehead atoms. The second kappa shape index (κ2) is 5.72. The zero-order chi connectivity index (χ0) is 14.0. The number of hydrogen-bond donors (Lipinski definition) is 1. The van der Waals surface area contributed by atoms with Crippen molar-refractivity contribution in [2.24, 2.45) is 5.92 Å². The lowest BCUT2D eigenvalue weighted by atomic mass is 9.86. The summed E-state index contributed by atoms with van der Waals surface area (Å²) in [4.78, 5) is 16.1. The van der Waals surface area contributed by atoms with Gasteiger partial charge in [-0.15, -0.1) is 0 Å². The molecule has 0 aromatic heterocycles. The third-order valence-corrected chi connectivity index (χ3v) is 3.96. The maximum atomic E-state index is 11.6. The van der Waals surface area contributed by atoms with Gasteiger partial charge in [-0.3, -0.25) is 5.26 Å².